The molecule has 0 amide bonds. The van der Waals surface area contributed by atoms with Gasteiger partial charge in [0.05, 0.1) is 0 Å². The zero-order valence-electron chi connectivity index (χ0n) is 7.68. The molecular weight excluding hydrogens is 251 g/mol. The molecule has 1 rings (SSSR count). The van der Waals surface area contributed by atoms with E-state index in [0.717, 1.165) is 0 Å². The highest BCUT2D eigenvalue weighted by molar-refractivity contribution is 9.10. The molecule has 0 saturated heterocycles. The van der Waals surface area contributed by atoms with Gasteiger partial charge in [-0.25, -0.2) is 4.39 Å². The molecule has 0 saturated carbocycles. The van der Waals surface area contributed by atoms with E-state index >= 15 is 0 Å². The van der Waals surface area contributed by atoms with Crippen LogP contribution in [0.25, 0.3) is 0 Å². The molecule has 0 radical (unpaired) electrons. The summed E-state index contributed by atoms with van der Waals surface area (Å²) in [5.41, 5.74) is 1.24. The van der Waals surface area contributed by atoms with Gasteiger partial charge in [-0.3, -0.25) is 4.79 Å². The zero-order valence-corrected chi connectivity index (χ0v) is 9.27. The van der Waals surface area contributed by atoms with Gasteiger partial charge in [0.25, 0.3) is 0 Å². The number of aryl methyl sites for hydroxylation is 1. The van der Waals surface area contributed by atoms with Crippen molar-refractivity contribution in [2.75, 3.05) is 0 Å². The molecule has 1 N–H and O–H groups in total. The van der Waals surface area contributed by atoms with Crippen molar-refractivity contribution >= 4 is 21.9 Å². The number of carboxylic acid groups (broad SMARTS) is 1. The van der Waals surface area contributed by atoms with E-state index in [1.165, 1.54) is 6.07 Å². The summed E-state index contributed by atoms with van der Waals surface area (Å²) in [6, 6.07) is 3.13. The van der Waals surface area contributed by atoms with E-state index in [1.54, 1.807) is 13.0 Å². The number of rotatable bonds is 3. The maximum atomic E-state index is 13.2. The molecule has 1 aromatic rings. The van der Waals surface area contributed by atoms with Crippen LogP contribution in [0.3, 0.4) is 0 Å². The van der Waals surface area contributed by atoms with E-state index in [2.05, 4.69) is 15.9 Å². The first-order valence-corrected chi connectivity index (χ1v) is 4.96. The van der Waals surface area contributed by atoms with E-state index in [1.807, 2.05) is 0 Å². The monoisotopic (exact) mass is 260 g/mol. The fraction of sp³-hybridized carbons (Fsp3) is 0.300. The minimum Gasteiger partial charge on any atom is -0.481 e. The Bertz CT molecular complexity index is 340. The van der Waals surface area contributed by atoms with Crippen LogP contribution in [-0.4, -0.2) is 11.1 Å². The second-order valence-corrected chi connectivity index (χ2v) is 3.93. The van der Waals surface area contributed by atoms with Gasteiger partial charge in [-0.15, -0.1) is 0 Å². The molecule has 0 bridgehead atoms. The molecule has 0 fully saturated rings. The van der Waals surface area contributed by atoms with Gasteiger partial charge in [0.15, 0.2) is 0 Å². The number of aliphatic carboxylic acids is 1. The van der Waals surface area contributed by atoms with Crippen molar-refractivity contribution in [1.82, 2.24) is 0 Å². The van der Waals surface area contributed by atoms with Crippen LogP contribution < -0.4 is 0 Å². The van der Waals surface area contributed by atoms with Crippen LogP contribution in [0.2, 0.25) is 0 Å². The van der Waals surface area contributed by atoms with Crippen molar-refractivity contribution < 1.29 is 14.3 Å². The summed E-state index contributed by atoms with van der Waals surface area (Å²) in [6.45, 7) is 1.67. The largest absolute Gasteiger partial charge is 0.481 e. The standard InChI is InChI=1S/C10H10BrFO2/c1-6-8(11)4-7(5-9(6)12)2-3-10(13)14/h4-5H,2-3H2,1H3,(H,13,14). The Hall–Kier alpha value is -0.900. The molecular formula is C10H10BrFO2. The second-order valence-electron chi connectivity index (χ2n) is 3.08. The normalized spacial score (nSPS) is 10.2. The quantitative estimate of drug-likeness (QED) is 0.908. The third-order valence-corrected chi connectivity index (χ3v) is 2.79. The number of carboxylic acids is 1. The van der Waals surface area contributed by atoms with Crippen LogP contribution in [0.4, 0.5) is 4.39 Å². The third kappa shape index (κ3) is 2.80. The van der Waals surface area contributed by atoms with Crippen LogP contribution in [0.15, 0.2) is 16.6 Å². The average molecular weight is 261 g/mol. The van der Waals surface area contributed by atoms with E-state index in [0.29, 0.717) is 22.0 Å². The maximum absolute atomic E-state index is 13.2. The lowest BCUT2D eigenvalue weighted by atomic mass is 10.1. The van der Waals surface area contributed by atoms with Crippen LogP contribution >= 0.6 is 15.9 Å². The minimum absolute atomic E-state index is 0.0228. The van der Waals surface area contributed by atoms with Crippen LogP contribution in [0, 0.1) is 12.7 Å². The predicted octanol–water partition coefficient (Wildman–Crippen LogP) is 2.91. The van der Waals surface area contributed by atoms with Crippen molar-refractivity contribution in [2.45, 2.75) is 19.8 Å². The average Bonchev–Trinajstić information content (AvgIpc) is 2.10. The van der Waals surface area contributed by atoms with Crippen molar-refractivity contribution in [2.24, 2.45) is 0 Å². The summed E-state index contributed by atoms with van der Waals surface area (Å²) in [5.74, 6) is -1.18. The van der Waals surface area contributed by atoms with E-state index in [9.17, 15) is 9.18 Å². The van der Waals surface area contributed by atoms with Crippen molar-refractivity contribution in [1.29, 1.82) is 0 Å². The first kappa shape index (κ1) is 11.2. The van der Waals surface area contributed by atoms with Gasteiger partial charge in [-0.1, -0.05) is 15.9 Å². The molecule has 0 spiro atoms. The van der Waals surface area contributed by atoms with Crippen molar-refractivity contribution in [3.05, 3.63) is 33.5 Å². The number of hydrogen-bond acceptors (Lipinski definition) is 1. The lowest BCUT2D eigenvalue weighted by Crippen LogP contribution is -1.98. The van der Waals surface area contributed by atoms with E-state index in [-0.39, 0.29) is 12.2 Å². The first-order valence-electron chi connectivity index (χ1n) is 4.17. The smallest absolute Gasteiger partial charge is 0.303 e. The Labute approximate surface area is 89.9 Å². The summed E-state index contributed by atoms with van der Waals surface area (Å²) in [6.07, 6.45) is 0.375. The highest BCUT2D eigenvalue weighted by atomic mass is 79.9. The highest BCUT2D eigenvalue weighted by Gasteiger charge is 2.06. The summed E-state index contributed by atoms with van der Waals surface area (Å²) >= 11 is 3.22. The molecule has 0 aromatic heterocycles. The lowest BCUT2D eigenvalue weighted by molar-refractivity contribution is -0.136. The summed E-state index contributed by atoms with van der Waals surface area (Å²) in [5, 5.41) is 8.46. The van der Waals surface area contributed by atoms with Gasteiger partial charge >= 0.3 is 5.97 Å². The molecule has 4 heteroatoms. The molecule has 0 aliphatic heterocycles. The Morgan fingerprint density at radius 2 is 2.21 bits per heavy atom. The molecule has 14 heavy (non-hydrogen) atoms. The van der Waals surface area contributed by atoms with Gasteiger partial charge in [0.1, 0.15) is 5.82 Å². The Morgan fingerprint density at radius 1 is 1.57 bits per heavy atom. The van der Waals surface area contributed by atoms with Gasteiger partial charge < -0.3 is 5.11 Å². The number of carbonyl (C=O) groups is 1. The number of halogens is 2. The molecule has 1 aromatic carbocycles. The Kier molecular flexibility index (Phi) is 3.63. The van der Waals surface area contributed by atoms with E-state index < -0.39 is 5.97 Å². The van der Waals surface area contributed by atoms with Crippen LogP contribution in [0.1, 0.15) is 17.5 Å². The zero-order chi connectivity index (χ0) is 10.7. The van der Waals surface area contributed by atoms with Crippen LogP contribution in [-0.2, 0) is 11.2 Å². The summed E-state index contributed by atoms with van der Waals surface area (Å²) in [4.78, 5) is 10.3. The molecule has 0 atom stereocenters. The lowest BCUT2D eigenvalue weighted by Gasteiger charge is -2.04. The third-order valence-electron chi connectivity index (χ3n) is 1.97. The SMILES string of the molecule is Cc1c(F)cc(CCC(=O)O)cc1Br. The van der Waals surface area contributed by atoms with Crippen molar-refractivity contribution in [3.63, 3.8) is 0 Å². The van der Waals surface area contributed by atoms with Gasteiger partial charge in [0.2, 0.25) is 0 Å². The Balaban J connectivity index is 2.84. The maximum Gasteiger partial charge on any atom is 0.303 e. The molecule has 0 unspecified atom stereocenters. The minimum atomic E-state index is -0.873. The molecule has 76 valence electrons. The molecule has 0 heterocycles. The fourth-order valence-corrected chi connectivity index (χ4v) is 1.58. The summed E-state index contributed by atoms with van der Waals surface area (Å²) < 4.78 is 13.9. The first-order chi connectivity index (χ1) is 6.50. The number of hydrogen-bond donors (Lipinski definition) is 1. The van der Waals surface area contributed by atoms with Crippen LogP contribution in [0.5, 0.6) is 0 Å². The van der Waals surface area contributed by atoms with Gasteiger partial charge in [0, 0.05) is 10.9 Å². The van der Waals surface area contributed by atoms with E-state index in [4.69, 9.17) is 5.11 Å². The summed E-state index contributed by atoms with van der Waals surface area (Å²) in [7, 11) is 0. The highest BCUT2D eigenvalue weighted by Crippen LogP contribution is 2.21. The predicted molar refractivity (Wildman–Crippen MR) is 54.8 cm³/mol. The topological polar surface area (TPSA) is 37.3 Å². The van der Waals surface area contributed by atoms with Gasteiger partial charge in [-0.2, -0.15) is 0 Å². The Morgan fingerprint density at radius 3 is 2.71 bits per heavy atom. The molecule has 0 aliphatic rings. The van der Waals surface area contributed by atoms with Gasteiger partial charge in [-0.05, 0) is 36.6 Å². The molecule has 2 nitrogen and oxygen atoms in total. The molecule has 0 aliphatic carbocycles. The fourth-order valence-electron chi connectivity index (χ4n) is 1.09. The van der Waals surface area contributed by atoms with Crippen molar-refractivity contribution in [3.8, 4) is 0 Å². The second kappa shape index (κ2) is 4.55. The number of benzene rings is 1.